The van der Waals surface area contributed by atoms with Crippen molar-refractivity contribution in [3.05, 3.63) is 28.8 Å². The highest BCUT2D eigenvalue weighted by molar-refractivity contribution is 7.84. The quantitative estimate of drug-likeness (QED) is 0.864. The average molecular weight is 277 g/mol. The van der Waals surface area contributed by atoms with Crippen molar-refractivity contribution in [2.24, 2.45) is 0 Å². The van der Waals surface area contributed by atoms with E-state index in [1.54, 1.807) is 18.2 Å². The van der Waals surface area contributed by atoms with Crippen LogP contribution in [0.3, 0.4) is 0 Å². The lowest BCUT2D eigenvalue weighted by molar-refractivity contribution is -0.136. The van der Waals surface area contributed by atoms with Gasteiger partial charge in [0.2, 0.25) is 0 Å². The highest BCUT2D eigenvalue weighted by atomic mass is 35.5. The van der Waals surface area contributed by atoms with Gasteiger partial charge in [0, 0.05) is 27.1 Å². The summed E-state index contributed by atoms with van der Waals surface area (Å²) in [4.78, 5) is 10.4. The molecule has 0 radical (unpaired) electrons. The van der Waals surface area contributed by atoms with E-state index in [0.717, 1.165) is 5.56 Å². The molecule has 1 aromatic carbocycles. The van der Waals surface area contributed by atoms with E-state index in [4.69, 9.17) is 21.4 Å². The van der Waals surface area contributed by atoms with Crippen molar-refractivity contribution < 1.29 is 18.8 Å². The van der Waals surface area contributed by atoms with Gasteiger partial charge in [0.05, 0.1) is 19.3 Å². The van der Waals surface area contributed by atoms with Gasteiger partial charge in [-0.3, -0.25) is 9.00 Å². The molecule has 0 bridgehead atoms. The standard InChI is InChI=1S/C11H13ClO4S/c1-16-10-3-2-9(12)6-8(10)7-17(15)5-4-11(13)14/h2-3,6H,4-5,7H2,1H3,(H,13,14). The molecule has 0 amide bonds. The molecule has 1 unspecified atom stereocenters. The summed E-state index contributed by atoms with van der Waals surface area (Å²) in [6.45, 7) is 0. The van der Waals surface area contributed by atoms with Gasteiger partial charge in [-0.25, -0.2) is 0 Å². The van der Waals surface area contributed by atoms with Crippen LogP contribution in [0.5, 0.6) is 5.75 Å². The van der Waals surface area contributed by atoms with Crippen LogP contribution in [0.2, 0.25) is 5.02 Å². The lowest BCUT2D eigenvalue weighted by Crippen LogP contribution is -2.07. The Kier molecular flexibility index (Phi) is 5.44. The number of rotatable bonds is 6. The number of halogens is 1. The Morgan fingerprint density at radius 2 is 2.24 bits per heavy atom. The molecule has 0 saturated heterocycles. The van der Waals surface area contributed by atoms with Gasteiger partial charge in [-0.05, 0) is 18.2 Å². The predicted octanol–water partition coefficient (Wildman–Crippen LogP) is 2.07. The maximum Gasteiger partial charge on any atom is 0.304 e. The van der Waals surface area contributed by atoms with Gasteiger partial charge in [0.1, 0.15) is 5.75 Å². The molecule has 0 aliphatic heterocycles. The Hall–Kier alpha value is -1.07. The number of methoxy groups -OCH3 is 1. The smallest absolute Gasteiger partial charge is 0.304 e. The molecule has 1 rings (SSSR count). The first-order valence-corrected chi connectivity index (χ1v) is 6.78. The predicted molar refractivity (Wildman–Crippen MR) is 67.0 cm³/mol. The molecule has 0 spiro atoms. The first kappa shape index (κ1) is 14.0. The molecule has 4 nitrogen and oxygen atoms in total. The zero-order chi connectivity index (χ0) is 12.8. The summed E-state index contributed by atoms with van der Waals surface area (Å²) in [5.74, 6) is 0.0386. The molecule has 1 atom stereocenters. The zero-order valence-corrected chi connectivity index (χ0v) is 10.9. The van der Waals surface area contributed by atoms with E-state index >= 15 is 0 Å². The van der Waals surface area contributed by atoms with Gasteiger partial charge in [-0.1, -0.05) is 11.6 Å². The lowest BCUT2D eigenvalue weighted by atomic mass is 10.2. The molecule has 0 fully saturated rings. The van der Waals surface area contributed by atoms with Crippen molar-refractivity contribution in [2.75, 3.05) is 12.9 Å². The third-order valence-electron chi connectivity index (χ3n) is 2.10. The van der Waals surface area contributed by atoms with Gasteiger partial charge in [0.15, 0.2) is 0 Å². The molecule has 94 valence electrons. The molecule has 6 heteroatoms. The van der Waals surface area contributed by atoms with Gasteiger partial charge < -0.3 is 9.84 Å². The molecular weight excluding hydrogens is 264 g/mol. The molecule has 1 aromatic rings. The van der Waals surface area contributed by atoms with Crippen LogP contribution in [0.1, 0.15) is 12.0 Å². The summed E-state index contributed by atoms with van der Waals surface area (Å²) in [6, 6.07) is 5.06. The van der Waals surface area contributed by atoms with Gasteiger partial charge >= 0.3 is 5.97 Å². The van der Waals surface area contributed by atoms with Crippen LogP contribution in [-0.4, -0.2) is 28.1 Å². The van der Waals surface area contributed by atoms with Crippen molar-refractivity contribution in [3.63, 3.8) is 0 Å². The summed E-state index contributed by atoms with van der Waals surface area (Å²) in [6.07, 6.45) is -0.102. The van der Waals surface area contributed by atoms with Crippen LogP contribution >= 0.6 is 11.6 Å². The first-order chi connectivity index (χ1) is 8.02. The van der Waals surface area contributed by atoms with Crippen molar-refractivity contribution in [2.45, 2.75) is 12.2 Å². The SMILES string of the molecule is COc1ccc(Cl)cc1CS(=O)CCC(=O)O. The van der Waals surface area contributed by atoms with Gasteiger partial charge in [-0.2, -0.15) is 0 Å². The summed E-state index contributed by atoms with van der Waals surface area (Å²) >= 11 is 5.84. The molecule has 0 heterocycles. The Bertz CT molecular complexity index is 433. The fourth-order valence-electron chi connectivity index (χ4n) is 1.31. The van der Waals surface area contributed by atoms with Crippen LogP contribution in [-0.2, 0) is 21.3 Å². The molecule has 0 saturated carbocycles. The van der Waals surface area contributed by atoms with Gasteiger partial charge in [-0.15, -0.1) is 0 Å². The van der Waals surface area contributed by atoms with E-state index in [2.05, 4.69) is 0 Å². The fourth-order valence-corrected chi connectivity index (χ4v) is 2.62. The second-order valence-corrected chi connectivity index (χ2v) is 5.40. The summed E-state index contributed by atoms with van der Waals surface area (Å²) in [7, 11) is 0.290. The van der Waals surface area contributed by atoms with E-state index in [1.807, 2.05) is 0 Å². The Morgan fingerprint density at radius 1 is 1.53 bits per heavy atom. The topological polar surface area (TPSA) is 63.6 Å². The van der Waals surface area contributed by atoms with Crippen molar-refractivity contribution in [1.82, 2.24) is 0 Å². The molecule has 0 aliphatic rings. The minimum Gasteiger partial charge on any atom is -0.496 e. The Balaban J connectivity index is 2.69. The highest BCUT2D eigenvalue weighted by Crippen LogP contribution is 2.23. The van der Waals surface area contributed by atoms with Gasteiger partial charge in [0.25, 0.3) is 0 Å². The number of ether oxygens (including phenoxy) is 1. The summed E-state index contributed by atoms with van der Waals surface area (Å²) in [5, 5.41) is 9.03. The van der Waals surface area contributed by atoms with Crippen molar-refractivity contribution in [1.29, 1.82) is 0 Å². The van der Waals surface area contributed by atoms with Crippen LogP contribution < -0.4 is 4.74 Å². The summed E-state index contributed by atoms with van der Waals surface area (Å²) < 4.78 is 16.8. The molecule has 1 N–H and O–H groups in total. The van der Waals surface area contributed by atoms with Crippen LogP contribution in [0.15, 0.2) is 18.2 Å². The van der Waals surface area contributed by atoms with Crippen LogP contribution in [0.4, 0.5) is 0 Å². The van der Waals surface area contributed by atoms with E-state index in [0.29, 0.717) is 10.8 Å². The minimum absolute atomic E-state index is 0.102. The molecule has 17 heavy (non-hydrogen) atoms. The van der Waals surface area contributed by atoms with Crippen molar-refractivity contribution >= 4 is 28.4 Å². The summed E-state index contributed by atoms with van der Waals surface area (Å²) in [5.41, 5.74) is 0.726. The third kappa shape index (κ3) is 4.75. The highest BCUT2D eigenvalue weighted by Gasteiger charge is 2.09. The van der Waals surface area contributed by atoms with E-state index in [-0.39, 0.29) is 17.9 Å². The second kappa shape index (κ2) is 6.61. The number of carboxylic acid groups (broad SMARTS) is 1. The monoisotopic (exact) mass is 276 g/mol. The first-order valence-electron chi connectivity index (χ1n) is 4.92. The van der Waals surface area contributed by atoms with E-state index < -0.39 is 16.8 Å². The third-order valence-corrected chi connectivity index (χ3v) is 3.63. The Labute approximate surface area is 107 Å². The minimum atomic E-state index is -1.23. The average Bonchev–Trinajstić information content (AvgIpc) is 2.27. The number of aliphatic carboxylic acids is 1. The maximum absolute atomic E-state index is 11.6. The molecule has 0 aromatic heterocycles. The normalized spacial score (nSPS) is 12.1. The van der Waals surface area contributed by atoms with Crippen molar-refractivity contribution in [3.8, 4) is 5.75 Å². The fraction of sp³-hybridized carbons (Fsp3) is 0.364. The van der Waals surface area contributed by atoms with Crippen LogP contribution in [0.25, 0.3) is 0 Å². The van der Waals surface area contributed by atoms with Crippen LogP contribution in [0, 0.1) is 0 Å². The largest absolute Gasteiger partial charge is 0.496 e. The number of hydrogen-bond donors (Lipinski definition) is 1. The number of benzene rings is 1. The second-order valence-electron chi connectivity index (χ2n) is 3.39. The molecule has 0 aliphatic carbocycles. The van der Waals surface area contributed by atoms with E-state index in [9.17, 15) is 9.00 Å². The zero-order valence-electron chi connectivity index (χ0n) is 9.31. The van der Waals surface area contributed by atoms with E-state index in [1.165, 1.54) is 7.11 Å². The Morgan fingerprint density at radius 3 is 2.82 bits per heavy atom. The number of carbonyl (C=O) groups is 1. The lowest BCUT2D eigenvalue weighted by Gasteiger charge is -2.08. The number of carboxylic acids is 1. The maximum atomic E-state index is 11.6. The molecular formula is C11H13ClO4S. The number of hydrogen-bond acceptors (Lipinski definition) is 3.